The van der Waals surface area contributed by atoms with Gasteiger partial charge in [0.05, 0.1) is 5.92 Å². The zero-order valence-corrected chi connectivity index (χ0v) is 14.4. The van der Waals surface area contributed by atoms with Gasteiger partial charge in [-0.3, -0.25) is 4.79 Å². The second-order valence-electron chi connectivity index (χ2n) is 7.58. The molecule has 0 bridgehead atoms. The summed E-state index contributed by atoms with van der Waals surface area (Å²) in [6, 6.07) is 6.34. The van der Waals surface area contributed by atoms with Gasteiger partial charge >= 0.3 is 0 Å². The largest absolute Gasteiger partial charge is 0.369 e. The first kappa shape index (κ1) is 15.6. The average Bonchev–Trinajstić information content (AvgIpc) is 2.52. The molecule has 2 fully saturated rings. The number of amides is 1. The maximum atomic E-state index is 12.2. The molecule has 0 radical (unpaired) electrons. The maximum absolute atomic E-state index is 12.2. The lowest BCUT2D eigenvalue weighted by Gasteiger charge is -2.52. The summed E-state index contributed by atoms with van der Waals surface area (Å²) in [5, 5.41) is 3.60. The van der Waals surface area contributed by atoms with Crippen LogP contribution in [0.3, 0.4) is 0 Å². The van der Waals surface area contributed by atoms with Crippen molar-refractivity contribution in [3.8, 4) is 0 Å². The summed E-state index contributed by atoms with van der Waals surface area (Å²) in [5.41, 5.74) is 10.5. The van der Waals surface area contributed by atoms with Gasteiger partial charge in [-0.05, 0) is 36.3 Å². The first-order chi connectivity index (χ1) is 11.6. The van der Waals surface area contributed by atoms with E-state index in [2.05, 4.69) is 41.9 Å². The minimum absolute atomic E-state index is 0.0501. The zero-order valence-electron chi connectivity index (χ0n) is 14.4. The third-order valence-corrected chi connectivity index (χ3v) is 6.36. The lowest BCUT2D eigenvalue weighted by molar-refractivity contribution is -0.126. The quantitative estimate of drug-likeness (QED) is 0.897. The van der Waals surface area contributed by atoms with Crippen molar-refractivity contribution in [1.29, 1.82) is 0 Å². The molecule has 1 amide bonds. The summed E-state index contributed by atoms with van der Waals surface area (Å²) >= 11 is 0. The van der Waals surface area contributed by atoms with E-state index in [1.165, 1.54) is 30.4 Å². The summed E-state index contributed by atoms with van der Waals surface area (Å²) in [5.74, 6) is 0.966. The van der Waals surface area contributed by atoms with Crippen LogP contribution in [0.4, 0.5) is 5.69 Å². The van der Waals surface area contributed by atoms with Crippen molar-refractivity contribution >= 4 is 17.3 Å². The molecule has 3 aliphatic rings. The van der Waals surface area contributed by atoms with Crippen molar-refractivity contribution in [2.75, 3.05) is 11.9 Å². The van der Waals surface area contributed by atoms with Gasteiger partial charge in [-0.25, -0.2) is 0 Å². The molecule has 4 rings (SSSR count). The van der Waals surface area contributed by atoms with E-state index in [0.29, 0.717) is 5.92 Å². The maximum Gasteiger partial charge on any atom is 0.224 e. The summed E-state index contributed by atoms with van der Waals surface area (Å²) in [6.45, 7) is 7.58. The number of nitrogens with zero attached hydrogens (tertiary/aromatic N) is 1. The number of carbonyl (C=O) groups is 1. The van der Waals surface area contributed by atoms with Crippen LogP contribution in [0.1, 0.15) is 43.7 Å². The molecule has 4 nitrogen and oxygen atoms in total. The number of carbonyl (C=O) groups excluding carboxylic acids is 1. The Hall–Kier alpha value is -1.97. The van der Waals surface area contributed by atoms with Gasteiger partial charge in [0.1, 0.15) is 6.17 Å². The highest BCUT2D eigenvalue weighted by molar-refractivity contribution is 5.83. The van der Waals surface area contributed by atoms with Gasteiger partial charge in [0.15, 0.2) is 0 Å². The highest BCUT2D eigenvalue weighted by Gasteiger charge is 2.45. The van der Waals surface area contributed by atoms with Crippen LogP contribution in [0, 0.1) is 17.8 Å². The Bertz CT molecular complexity index is 679. The van der Waals surface area contributed by atoms with Gasteiger partial charge in [-0.2, -0.15) is 0 Å². The number of fused-ring (bicyclic) bond motifs is 2. The Labute approximate surface area is 144 Å². The Morgan fingerprint density at radius 2 is 2.17 bits per heavy atom. The molecule has 24 heavy (non-hydrogen) atoms. The number of primary amides is 1. The van der Waals surface area contributed by atoms with Crippen molar-refractivity contribution in [3.63, 3.8) is 0 Å². The van der Waals surface area contributed by atoms with E-state index in [9.17, 15) is 4.79 Å². The molecule has 2 heterocycles. The molecule has 2 aliphatic heterocycles. The van der Waals surface area contributed by atoms with E-state index in [1.807, 2.05) is 0 Å². The van der Waals surface area contributed by atoms with Crippen LogP contribution >= 0.6 is 0 Å². The molecule has 1 aromatic rings. The van der Waals surface area contributed by atoms with Gasteiger partial charge < -0.3 is 16.0 Å². The standard InChI is InChI=1S/C20H27N3O/c1-3-13-6-5-9-17-18(13)12(2)23-11-15(14-7-4-8-14)10-16(19(21)24)20(23)22-17/h5-6,9,14-16,20,22H,2-4,7-8,10-11H2,1H3,(H2,21,24). The molecular formula is C20H27N3O. The number of hydrogen-bond donors (Lipinski definition) is 2. The highest BCUT2D eigenvalue weighted by atomic mass is 16.1. The monoisotopic (exact) mass is 325 g/mol. The van der Waals surface area contributed by atoms with Crippen LogP contribution in [0.25, 0.3) is 5.70 Å². The fraction of sp³-hybridized carbons (Fsp3) is 0.550. The Morgan fingerprint density at radius 3 is 2.79 bits per heavy atom. The Balaban J connectivity index is 1.72. The normalized spacial score (nSPS) is 29.3. The molecule has 1 saturated carbocycles. The fourth-order valence-corrected chi connectivity index (χ4v) is 4.75. The molecule has 3 atom stereocenters. The van der Waals surface area contributed by atoms with Gasteiger partial charge in [0.25, 0.3) is 0 Å². The smallest absolute Gasteiger partial charge is 0.224 e. The summed E-state index contributed by atoms with van der Waals surface area (Å²) in [6.07, 6.45) is 5.76. The van der Waals surface area contributed by atoms with Gasteiger partial charge in [0.2, 0.25) is 5.91 Å². The van der Waals surface area contributed by atoms with Crippen molar-refractivity contribution < 1.29 is 4.79 Å². The molecule has 0 aromatic heterocycles. The van der Waals surface area contributed by atoms with Gasteiger partial charge in [-0.1, -0.05) is 44.9 Å². The zero-order chi connectivity index (χ0) is 16.8. The van der Waals surface area contributed by atoms with Crippen molar-refractivity contribution in [2.45, 2.75) is 45.2 Å². The molecule has 0 spiro atoms. The minimum Gasteiger partial charge on any atom is -0.369 e. The Kier molecular flexibility index (Phi) is 3.78. The molecule has 1 aliphatic carbocycles. The highest BCUT2D eigenvalue weighted by Crippen LogP contribution is 2.46. The topological polar surface area (TPSA) is 58.4 Å². The second kappa shape index (κ2) is 5.83. The van der Waals surface area contributed by atoms with E-state index in [4.69, 9.17) is 5.73 Å². The lowest BCUT2D eigenvalue weighted by atomic mass is 9.69. The average molecular weight is 325 g/mol. The summed E-state index contributed by atoms with van der Waals surface area (Å²) in [4.78, 5) is 14.5. The van der Waals surface area contributed by atoms with Crippen molar-refractivity contribution in [2.24, 2.45) is 23.5 Å². The Morgan fingerprint density at radius 1 is 1.38 bits per heavy atom. The molecule has 4 heteroatoms. The number of anilines is 1. The van der Waals surface area contributed by atoms with E-state index in [1.54, 1.807) is 0 Å². The van der Waals surface area contributed by atoms with Gasteiger partial charge in [0, 0.05) is 23.5 Å². The number of benzene rings is 1. The van der Waals surface area contributed by atoms with E-state index in [-0.39, 0.29) is 18.0 Å². The number of hydrogen-bond acceptors (Lipinski definition) is 3. The van der Waals surface area contributed by atoms with Crippen LogP contribution in [-0.4, -0.2) is 23.5 Å². The molecular weight excluding hydrogens is 298 g/mol. The molecule has 128 valence electrons. The fourth-order valence-electron chi connectivity index (χ4n) is 4.75. The predicted octanol–water partition coefficient (Wildman–Crippen LogP) is 3.19. The number of nitrogens with one attached hydrogen (secondary N) is 1. The summed E-state index contributed by atoms with van der Waals surface area (Å²) < 4.78 is 0. The SMILES string of the molecule is C=C1c2c(CC)cccc2NC2C(C(N)=O)CC(C3CCC3)CN12. The second-order valence-corrected chi connectivity index (χ2v) is 7.58. The molecule has 3 unspecified atom stereocenters. The first-order valence-electron chi connectivity index (χ1n) is 9.23. The predicted molar refractivity (Wildman–Crippen MR) is 97.1 cm³/mol. The number of aryl methyl sites for hydroxylation is 1. The third-order valence-electron chi connectivity index (χ3n) is 6.36. The molecule has 1 saturated heterocycles. The molecule has 3 N–H and O–H groups in total. The lowest BCUT2D eigenvalue weighted by Crippen LogP contribution is -2.58. The van der Waals surface area contributed by atoms with Crippen LogP contribution in [-0.2, 0) is 11.2 Å². The third kappa shape index (κ3) is 2.31. The minimum atomic E-state index is -0.190. The van der Waals surface area contributed by atoms with Crippen LogP contribution < -0.4 is 11.1 Å². The number of nitrogens with two attached hydrogens (primary N) is 1. The van der Waals surface area contributed by atoms with E-state index < -0.39 is 0 Å². The van der Waals surface area contributed by atoms with Crippen LogP contribution in [0.15, 0.2) is 24.8 Å². The molecule has 1 aromatic carbocycles. The van der Waals surface area contributed by atoms with Crippen molar-refractivity contribution in [1.82, 2.24) is 4.90 Å². The first-order valence-corrected chi connectivity index (χ1v) is 9.23. The van der Waals surface area contributed by atoms with E-state index >= 15 is 0 Å². The van der Waals surface area contributed by atoms with Crippen molar-refractivity contribution in [3.05, 3.63) is 35.9 Å². The van der Waals surface area contributed by atoms with Crippen LogP contribution in [0.2, 0.25) is 0 Å². The number of piperidine rings is 1. The van der Waals surface area contributed by atoms with Crippen LogP contribution in [0.5, 0.6) is 0 Å². The van der Waals surface area contributed by atoms with Gasteiger partial charge in [-0.15, -0.1) is 0 Å². The number of rotatable bonds is 3. The summed E-state index contributed by atoms with van der Waals surface area (Å²) in [7, 11) is 0. The van der Waals surface area contributed by atoms with E-state index in [0.717, 1.165) is 36.7 Å².